The summed E-state index contributed by atoms with van der Waals surface area (Å²) in [6.07, 6.45) is 3.47. The largest absolute Gasteiger partial charge is 0.479 e. The average Bonchev–Trinajstić information content (AvgIpc) is 3.58. The Morgan fingerprint density at radius 1 is 1.00 bits per heavy atom. The molecule has 2 saturated heterocycles. The second-order valence-electron chi connectivity index (χ2n) is 10.7. The number of alkyl carbamates (subject to hydrolysis) is 1. The van der Waals surface area contributed by atoms with Crippen molar-refractivity contribution in [1.29, 1.82) is 0 Å². The number of nitrogens with zero attached hydrogens (tertiary/aromatic N) is 1. The number of carboxylic acid groups (broad SMARTS) is 1. The molecular weight excluding hydrogens is 444 g/mol. The van der Waals surface area contributed by atoms with E-state index in [-0.39, 0.29) is 30.4 Å². The number of nitrogens with one attached hydrogen (secondary N) is 1. The quantitative estimate of drug-likeness (QED) is 0.656. The van der Waals surface area contributed by atoms with Crippen LogP contribution in [0, 0.1) is 11.8 Å². The predicted octanol–water partition coefficient (Wildman–Crippen LogP) is 4.16. The van der Waals surface area contributed by atoms with E-state index in [1.165, 1.54) is 22.3 Å². The smallest absolute Gasteiger partial charge is 0.407 e. The van der Waals surface area contributed by atoms with Crippen LogP contribution in [-0.4, -0.2) is 52.7 Å². The summed E-state index contributed by atoms with van der Waals surface area (Å²) in [5.74, 6) is -0.415. The molecule has 4 fully saturated rings. The number of hydrogen-bond acceptors (Lipinski definition) is 4. The Labute approximate surface area is 204 Å². The number of benzene rings is 2. The highest BCUT2D eigenvalue weighted by molar-refractivity contribution is 5.89. The van der Waals surface area contributed by atoms with Crippen LogP contribution in [0.4, 0.5) is 4.79 Å². The molecule has 35 heavy (non-hydrogen) atoms. The van der Waals surface area contributed by atoms with Crippen molar-refractivity contribution in [3.8, 4) is 11.1 Å². The highest BCUT2D eigenvalue weighted by Gasteiger charge is 2.62. The van der Waals surface area contributed by atoms with E-state index < -0.39 is 17.6 Å². The Bertz CT molecular complexity index is 1140. The number of carboxylic acids is 1. The monoisotopic (exact) mass is 474 g/mol. The Kier molecular flexibility index (Phi) is 5.31. The molecule has 2 atom stereocenters. The summed E-state index contributed by atoms with van der Waals surface area (Å²) in [6.45, 7) is 0.848. The zero-order valence-electron chi connectivity index (χ0n) is 19.6. The van der Waals surface area contributed by atoms with Crippen LogP contribution in [0.1, 0.15) is 55.6 Å². The number of rotatable bonds is 6. The van der Waals surface area contributed by atoms with Crippen molar-refractivity contribution in [2.75, 3.05) is 13.2 Å². The third-order valence-corrected chi connectivity index (χ3v) is 8.58. The molecule has 2 aromatic carbocycles. The van der Waals surface area contributed by atoms with Crippen LogP contribution in [0.3, 0.4) is 0 Å². The number of carbonyl (C=O) groups excluding carboxylic acids is 2. The van der Waals surface area contributed by atoms with Crippen LogP contribution in [0.2, 0.25) is 0 Å². The fraction of sp³-hybridized carbons (Fsp3) is 0.464. The molecule has 2 aromatic rings. The SMILES string of the molecule is O=C(NC1CCC(CC(=O)N2CC3CC2(C(=O)O)C3)C1)OCC1c2ccccc2-c2ccccc21. The van der Waals surface area contributed by atoms with E-state index in [0.29, 0.717) is 38.1 Å². The van der Waals surface area contributed by atoms with Gasteiger partial charge in [0.05, 0.1) is 0 Å². The Hall–Kier alpha value is -3.35. The topological polar surface area (TPSA) is 95.9 Å². The molecule has 2 aliphatic heterocycles. The molecule has 2 amide bonds. The molecule has 2 heterocycles. The molecule has 2 bridgehead atoms. The van der Waals surface area contributed by atoms with E-state index in [2.05, 4.69) is 29.6 Å². The first-order valence-electron chi connectivity index (χ1n) is 12.6. The first-order chi connectivity index (χ1) is 16.9. The molecule has 3 aliphatic carbocycles. The summed E-state index contributed by atoms with van der Waals surface area (Å²) < 4.78 is 5.67. The highest BCUT2D eigenvalue weighted by atomic mass is 16.5. The predicted molar refractivity (Wildman–Crippen MR) is 129 cm³/mol. The summed E-state index contributed by atoms with van der Waals surface area (Å²) in [5.41, 5.74) is 3.79. The van der Waals surface area contributed by atoms with E-state index in [1.54, 1.807) is 4.90 Å². The number of aliphatic carboxylic acids is 1. The van der Waals surface area contributed by atoms with Crippen molar-refractivity contribution in [2.24, 2.45) is 11.8 Å². The number of amides is 2. The summed E-state index contributed by atoms with van der Waals surface area (Å²) in [6, 6.07) is 16.5. The number of fused-ring (bicyclic) bond motifs is 4. The second kappa shape index (κ2) is 8.40. The zero-order valence-corrected chi connectivity index (χ0v) is 19.6. The molecule has 0 radical (unpaired) electrons. The van der Waals surface area contributed by atoms with Gasteiger partial charge in [-0.05, 0) is 66.2 Å². The van der Waals surface area contributed by atoms with Crippen LogP contribution >= 0.6 is 0 Å². The van der Waals surface area contributed by atoms with Gasteiger partial charge in [-0.3, -0.25) is 4.79 Å². The Balaban J connectivity index is 1.01. The van der Waals surface area contributed by atoms with Gasteiger partial charge in [0.1, 0.15) is 12.1 Å². The highest BCUT2D eigenvalue weighted by Crippen LogP contribution is 2.51. The zero-order chi connectivity index (χ0) is 24.2. The first-order valence-corrected chi connectivity index (χ1v) is 12.6. The summed E-state index contributed by atoms with van der Waals surface area (Å²) in [5, 5.41) is 12.6. The number of carbonyl (C=O) groups is 3. The number of hydrogen-bond donors (Lipinski definition) is 2. The molecular formula is C28H30N2O5. The minimum Gasteiger partial charge on any atom is -0.479 e. The van der Waals surface area contributed by atoms with Crippen molar-refractivity contribution < 1.29 is 24.2 Å². The van der Waals surface area contributed by atoms with Gasteiger partial charge in [0.2, 0.25) is 5.91 Å². The fourth-order valence-corrected chi connectivity index (χ4v) is 6.86. The summed E-state index contributed by atoms with van der Waals surface area (Å²) >= 11 is 0. The molecule has 2 unspecified atom stereocenters. The second-order valence-corrected chi connectivity index (χ2v) is 10.7. The van der Waals surface area contributed by atoms with Crippen molar-refractivity contribution >= 4 is 18.0 Å². The third-order valence-electron chi connectivity index (χ3n) is 8.58. The molecule has 182 valence electrons. The van der Waals surface area contributed by atoms with Crippen molar-refractivity contribution in [1.82, 2.24) is 10.2 Å². The molecule has 2 N–H and O–H groups in total. The maximum Gasteiger partial charge on any atom is 0.407 e. The Morgan fingerprint density at radius 2 is 1.66 bits per heavy atom. The lowest BCUT2D eigenvalue weighted by molar-refractivity contribution is -0.158. The maximum absolute atomic E-state index is 12.9. The van der Waals surface area contributed by atoms with Crippen LogP contribution in [0.15, 0.2) is 48.5 Å². The molecule has 7 rings (SSSR count). The fourth-order valence-electron chi connectivity index (χ4n) is 6.86. The van der Waals surface area contributed by atoms with Gasteiger partial charge < -0.3 is 20.1 Å². The van der Waals surface area contributed by atoms with Crippen molar-refractivity contribution in [3.05, 3.63) is 59.7 Å². The Morgan fingerprint density at radius 3 is 2.31 bits per heavy atom. The van der Waals surface area contributed by atoms with Gasteiger partial charge in [-0.2, -0.15) is 0 Å². The van der Waals surface area contributed by atoms with Gasteiger partial charge in [0, 0.05) is 24.9 Å². The first kappa shape index (κ1) is 22.1. The maximum atomic E-state index is 12.9. The van der Waals surface area contributed by atoms with Gasteiger partial charge in [-0.1, -0.05) is 48.5 Å². The molecule has 0 spiro atoms. The van der Waals surface area contributed by atoms with Gasteiger partial charge in [0.15, 0.2) is 0 Å². The number of ether oxygens (including phenoxy) is 1. The minimum atomic E-state index is -0.959. The lowest BCUT2D eigenvalue weighted by Gasteiger charge is -2.38. The molecule has 2 saturated carbocycles. The van der Waals surface area contributed by atoms with Gasteiger partial charge >= 0.3 is 12.1 Å². The lowest BCUT2D eigenvalue weighted by atomic mass is 9.73. The summed E-state index contributed by atoms with van der Waals surface area (Å²) in [7, 11) is 0. The van der Waals surface area contributed by atoms with Gasteiger partial charge in [0.25, 0.3) is 0 Å². The lowest BCUT2D eigenvalue weighted by Crippen LogP contribution is -2.54. The van der Waals surface area contributed by atoms with Crippen molar-refractivity contribution in [2.45, 2.75) is 56.0 Å². The van der Waals surface area contributed by atoms with E-state index in [4.69, 9.17) is 4.74 Å². The average molecular weight is 475 g/mol. The van der Waals surface area contributed by atoms with Crippen LogP contribution in [-0.2, 0) is 14.3 Å². The summed E-state index contributed by atoms with van der Waals surface area (Å²) in [4.78, 5) is 38.8. The van der Waals surface area contributed by atoms with Crippen LogP contribution < -0.4 is 5.32 Å². The molecule has 5 aliphatic rings. The van der Waals surface area contributed by atoms with Crippen LogP contribution in [0.5, 0.6) is 0 Å². The van der Waals surface area contributed by atoms with E-state index >= 15 is 0 Å². The normalized spacial score (nSPS) is 28.2. The van der Waals surface area contributed by atoms with E-state index in [1.807, 2.05) is 24.3 Å². The van der Waals surface area contributed by atoms with Gasteiger partial charge in [-0.25, -0.2) is 9.59 Å². The van der Waals surface area contributed by atoms with Crippen molar-refractivity contribution in [3.63, 3.8) is 0 Å². The van der Waals surface area contributed by atoms with E-state index in [9.17, 15) is 19.5 Å². The molecule has 0 aromatic heterocycles. The molecule has 7 heteroatoms. The van der Waals surface area contributed by atoms with Gasteiger partial charge in [-0.15, -0.1) is 0 Å². The van der Waals surface area contributed by atoms with E-state index in [0.717, 1.165) is 12.8 Å². The standard InChI is InChI=1S/C28H30N2O5/c31-25(30-15-18-13-28(30,14-18)26(32)33)12-17-9-10-19(11-17)29-27(34)35-16-24-22-7-3-1-5-20(22)21-6-2-4-8-23(21)24/h1-8,17-19,24H,9-16H2,(H,29,34)(H,32,33). The third kappa shape index (κ3) is 3.68. The molecule has 7 nitrogen and oxygen atoms in total. The van der Waals surface area contributed by atoms with Crippen LogP contribution in [0.25, 0.3) is 11.1 Å². The minimum absolute atomic E-state index is 0.0235.